The number of imidazole rings is 1. The summed E-state index contributed by atoms with van der Waals surface area (Å²) in [5.41, 5.74) is 1.98. The van der Waals surface area contributed by atoms with Crippen LogP contribution in [0.5, 0.6) is 0 Å². The SMILES string of the molecule is O=C(NCc1cn2cc(Cl)cc(Cl)c2n1)c1nc2cnccc2s1. The molecule has 4 aromatic rings. The lowest BCUT2D eigenvalue weighted by molar-refractivity contribution is 0.0950. The minimum atomic E-state index is -0.252. The normalized spacial score (nSPS) is 11.2. The van der Waals surface area contributed by atoms with Gasteiger partial charge in [-0.3, -0.25) is 9.78 Å². The highest BCUT2D eigenvalue weighted by Crippen LogP contribution is 2.22. The number of carbonyl (C=O) groups is 1. The molecule has 4 heterocycles. The summed E-state index contributed by atoms with van der Waals surface area (Å²) in [6.45, 7) is 0.267. The molecular weight excluding hydrogens is 369 g/mol. The largest absolute Gasteiger partial charge is 0.344 e. The highest BCUT2D eigenvalue weighted by atomic mass is 35.5. The Morgan fingerprint density at radius 2 is 2.17 bits per heavy atom. The van der Waals surface area contributed by atoms with Crippen molar-refractivity contribution in [2.75, 3.05) is 0 Å². The average Bonchev–Trinajstić information content (AvgIpc) is 3.16. The number of nitrogens with zero attached hydrogens (tertiary/aromatic N) is 4. The second-order valence-electron chi connectivity index (χ2n) is 5.01. The van der Waals surface area contributed by atoms with E-state index in [0.717, 1.165) is 4.70 Å². The van der Waals surface area contributed by atoms with Crippen molar-refractivity contribution in [3.8, 4) is 0 Å². The Balaban J connectivity index is 1.53. The molecule has 120 valence electrons. The van der Waals surface area contributed by atoms with E-state index in [4.69, 9.17) is 23.2 Å². The van der Waals surface area contributed by atoms with Gasteiger partial charge in [0.15, 0.2) is 10.7 Å². The van der Waals surface area contributed by atoms with Crippen LogP contribution in [0.25, 0.3) is 15.9 Å². The van der Waals surface area contributed by atoms with Crippen molar-refractivity contribution in [3.05, 3.63) is 57.7 Å². The molecule has 0 radical (unpaired) electrons. The van der Waals surface area contributed by atoms with Gasteiger partial charge in [0.05, 0.1) is 33.2 Å². The Labute approximate surface area is 150 Å². The van der Waals surface area contributed by atoms with E-state index in [2.05, 4.69) is 20.3 Å². The number of hydrogen-bond donors (Lipinski definition) is 1. The smallest absolute Gasteiger partial charge is 0.280 e. The fraction of sp³-hybridized carbons (Fsp3) is 0.0667. The maximum atomic E-state index is 12.3. The van der Waals surface area contributed by atoms with Crippen molar-refractivity contribution in [3.63, 3.8) is 0 Å². The van der Waals surface area contributed by atoms with Gasteiger partial charge in [-0.15, -0.1) is 11.3 Å². The molecular formula is C15H9Cl2N5OS. The second kappa shape index (κ2) is 6.01. The molecule has 0 aromatic carbocycles. The number of amides is 1. The number of nitrogens with one attached hydrogen (secondary N) is 1. The molecule has 1 amide bonds. The molecule has 1 N–H and O–H groups in total. The van der Waals surface area contributed by atoms with Crippen LogP contribution in [0.3, 0.4) is 0 Å². The predicted octanol–water partition coefficient (Wildman–Crippen LogP) is 3.58. The number of hydrogen-bond acceptors (Lipinski definition) is 5. The van der Waals surface area contributed by atoms with Gasteiger partial charge in [-0.05, 0) is 12.1 Å². The van der Waals surface area contributed by atoms with Gasteiger partial charge in [0, 0.05) is 18.6 Å². The summed E-state index contributed by atoms with van der Waals surface area (Å²) in [6, 6.07) is 3.46. The summed E-state index contributed by atoms with van der Waals surface area (Å²) < 4.78 is 2.65. The first-order valence-corrected chi connectivity index (χ1v) is 8.49. The van der Waals surface area contributed by atoms with Crippen molar-refractivity contribution >= 4 is 56.3 Å². The zero-order chi connectivity index (χ0) is 16.7. The molecule has 0 spiro atoms. The summed E-state index contributed by atoms with van der Waals surface area (Å²) in [7, 11) is 0. The molecule has 0 aliphatic heterocycles. The zero-order valence-corrected chi connectivity index (χ0v) is 14.4. The van der Waals surface area contributed by atoms with E-state index in [1.807, 2.05) is 6.07 Å². The van der Waals surface area contributed by atoms with Gasteiger partial charge >= 0.3 is 0 Å². The molecule has 0 aliphatic rings. The molecule has 4 aromatic heterocycles. The van der Waals surface area contributed by atoms with Crippen LogP contribution in [-0.2, 0) is 6.54 Å². The van der Waals surface area contributed by atoms with E-state index in [0.29, 0.717) is 31.9 Å². The Kier molecular flexibility index (Phi) is 3.84. The van der Waals surface area contributed by atoms with Gasteiger partial charge in [-0.25, -0.2) is 9.97 Å². The number of carbonyl (C=O) groups excluding carboxylic acids is 1. The Morgan fingerprint density at radius 3 is 3.00 bits per heavy atom. The molecule has 0 saturated heterocycles. The number of halogens is 2. The third-order valence-electron chi connectivity index (χ3n) is 3.34. The topological polar surface area (TPSA) is 72.2 Å². The Bertz CT molecular complexity index is 1040. The Morgan fingerprint density at radius 1 is 1.29 bits per heavy atom. The maximum absolute atomic E-state index is 12.3. The van der Waals surface area contributed by atoms with Crippen LogP contribution in [0.2, 0.25) is 10.0 Å². The molecule has 0 atom stereocenters. The fourth-order valence-corrected chi connectivity index (χ4v) is 3.66. The third kappa shape index (κ3) is 2.82. The molecule has 0 aliphatic carbocycles. The molecule has 0 saturated carbocycles. The van der Waals surface area contributed by atoms with E-state index in [1.165, 1.54) is 11.3 Å². The van der Waals surface area contributed by atoms with Crippen molar-refractivity contribution in [1.82, 2.24) is 24.7 Å². The van der Waals surface area contributed by atoms with Gasteiger partial charge in [0.2, 0.25) is 0 Å². The number of pyridine rings is 2. The number of fused-ring (bicyclic) bond motifs is 2. The van der Waals surface area contributed by atoms with E-state index < -0.39 is 0 Å². The van der Waals surface area contributed by atoms with E-state index >= 15 is 0 Å². The highest BCUT2D eigenvalue weighted by molar-refractivity contribution is 7.20. The Hall–Kier alpha value is -2.22. The van der Waals surface area contributed by atoms with Crippen LogP contribution in [0, 0.1) is 0 Å². The lowest BCUT2D eigenvalue weighted by Gasteiger charge is -1.98. The monoisotopic (exact) mass is 377 g/mol. The van der Waals surface area contributed by atoms with Crippen LogP contribution in [0.1, 0.15) is 15.5 Å². The maximum Gasteiger partial charge on any atom is 0.280 e. The van der Waals surface area contributed by atoms with E-state index in [9.17, 15) is 4.79 Å². The number of aromatic nitrogens is 4. The lowest BCUT2D eigenvalue weighted by atomic mass is 10.4. The first-order chi connectivity index (χ1) is 11.6. The van der Waals surface area contributed by atoms with Gasteiger partial charge in [0.25, 0.3) is 5.91 Å². The summed E-state index contributed by atoms with van der Waals surface area (Å²) in [5.74, 6) is -0.252. The van der Waals surface area contributed by atoms with Gasteiger partial charge in [0.1, 0.15) is 5.52 Å². The molecule has 0 fully saturated rings. The highest BCUT2D eigenvalue weighted by Gasteiger charge is 2.13. The summed E-state index contributed by atoms with van der Waals surface area (Å²) in [4.78, 5) is 24.9. The van der Waals surface area contributed by atoms with Crippen LogP contribution in [-0.4, -0.2) is 25.3 Å². The van der Waals surface area contributed by atoms with E-state index in [-0.39, 0.29) is 12.5 Å². The molecule has 4 rings (SSSR count). The van der Waals surface area contributed by atoms with Gasteiger partial charge in [-0.2, -0.15) is 0 Å². The molecule has 0 bridgehead atoms. The number of rotatable bonds is 3. The van der Waals surface area contributed by atoms with Crippen LogP contribution < -0.4 is 5.32 Å². The summed E-state index contributed by atoms with van der Waals surface area (Å²) >= 11 is 13.4. The van der Waals surface area contributed by atoms with Crippen molar-refractivity contribution in [2.24, 2.45) is 0 Å². The summed E-state index contributed by atoms with van der Waals surface area (Å²) in [6.07, 6.45) is 6.79. The first-order valence-electron chi connectivity index (χ1n) is 6.91. The van der Waals surface area contributed by atoms with Crippen LogP contribution in [0.4, 0.5) is 0 Å². The zero-order valence-electron chi connectivity index (χ0n) is 12.0. The quantitative estimate of drug-likeness (QED) is 0.592. The minimum absolute atomic E-state index is 0.252. The fourth-order valence-electron chi connectivity index (χ4n) is 2.28. The van der Waals surface area contributed by atoms with Crippen LogP contribution in [0.15, 0.2) is 36.9 Å². The molecule has 0 unspecified atom stereocenters. The third-order valence-corrected chi connectivity index (χ3v) is 4.86. The van der Waals surface area contributed by atoms with Crippen molar-refractivity contribution in [1.29, 1.82) is 0 Å². The lowest BCUT2D eigenvalue weighted by Crippen LogP contribution is -2.22. The second-order valence-corrected chi connectivity index (χ2v) is 6.89. The van der Waals surface area contributed by atoms with Crippen molar-refractivity contribution < 1.29 is 4.79 Å². The van der Waals surface area contributed by atoms with E-state index in [1.54, 1.807) is 35.3 Å². The standard InChI is InChI=1S/C15H9Cl2N5OS/c16-8-3-10(17)13-20-9(7-22(13)6-8)4-19-14(23)15-21-11-5-18-2-1-12(11)24-15/h1-3,5-7H,4H2,(H,19,23). The minimum Gasteiger partial charge on any atom is -0.344 e. The van der Waals surface area contributed by atoms with Gasteiger partial charge in [-0.1, -0.05) is 23.2 Å². The van der Waals surface area contributed by atoms with Gasteiger partial charge < -0.3 is 9.72 Å². The number of thiazole rings is 1. The first kappa shape index (κ1) is 15.3. The molecule has 24 heavy (non-hydrogen) atoms. The molecule has 6 nitrogen and oxygen atoms in total. The van der Waals surface area contributed by atoms with Crippen molar-refractivity contribution in [2.45, 2.75) is 6.54 Å². The average molecular weight is 378 g/mol. The predicted molar refractivity (Wildman–Crippen MR) is 93.8 cm³/mol. The van der Waals surface area contributed by atoms with Crippen LogP contribution >= 0.6 is 34.5 Å². The molecule has 9 heteroatoms. The summed E-state index contributed by atoms with van der Waals surface area (Å²) in [5, 5.41) is 4.17.